The van der Waals surface area contributed by atoms with E-state index >= 15 is 0 Å². The Hall–Kier alpha value is -2.89. The first-order chi connectivity index (χ1) is 11.7. The molecular formula is C19H19FN2O3. The Morgan fingerprint density at radius 1 is 1.16 bits per heavy atom. The SMILES string of the molecule is Cc1nn(C(=O)OC(C)(C)C)c2cc(Oc3ccccc3F)ccc12. The van der Waals surface area contributed by atoms with Crippen molar-refractivity contribution in [3.63, 3.8) is 0 Å². The van der Waals surface area contributed by atoms with Gasteiger partial charge in [-0.05, 0) is 52.0 Å². The van der Waals surface area contributed by atoms with Crippen molar-refractivity contribution in [2.24, 2.45) is 0 Å². The predicted molar refractivity (Wildman–Crippen MR) is 92.6 cm³/mol. The van der Waals surface area contributed by atoms with E-state index in [9.17, 15) is 9.18 Å². The van der Waals surface area contributed by atoms with E-state index in [0.29, 0.717) is 17.0 Å². The number of halogens is 1. The monoisotopic (exact) mass is 342 g/mol. The Balaban J connectivity index is 2.00. The maximum Gasteiger partial charge on any atom is 0.435 e. The fourth-order valence-electron chi connectivity index (χ4n) is 2.41. The third-order valence-electron chi connectivity index (χ3n) is 3.47. The maximum atomic E-state index is 13.8. The van der Waals surface area contributed by atoms with E-state index in [1.807, 2.05) is 0 Å². The highest BCUT2D eigenvalue weighted by Crippen LogP contribution is 2.29. The van der Waals surface area contributed by atoms with Crippen molar-refractivity contribution in [2.45, 2.75) is 33.3 Å². The molecule has 0 aliphatic carbocycles. The van der Waals surface area contributed by atoms with E-state index in [1.54, 1.807) is 58.0 Å². The molecule has 0 radical (unpaired) electrons. The summed E-state index contributed by atoms with van der Waals surface area (Å²) in [4.78, 5) is 12.4. The second-order valence-electron chi connectivity index (χ2n) is 6.69. The van der Waals surface area contributed by atoms with Crippen molar-refractivity contribution in [3.8, 4) is 11.5 Å². The lowest BCUT2D eigenvalue weighted by atomic mass is 10.2. The fraction of sp³-hybridized carbons (Fsp3) is 0.263. The van der Waals surface area contributed by atoms with E-state index in [1.165, 1.54) is 16.8 Å². The summed E-state index contributed by atoms with van der Waals surface area (Å²) in [5, 5.41) is 5.05. The smallest absolute Gasteiger partial charge is 0.435 e. The predicted octanol–water partition coefficient (Wildman–Crippen LogP) is 5.06. The van der Waals surface area contributed by atoms with Crippen molar-refractivity contribution >= 4 is 17.0 Å². The number of aromatic nitrogens is 2. The minimum atomic E-state index is -0.634. The number of benzene rings is 2. The molecule has 0 fully saturated rings. The quantitative estimate of drug-likeness (QED) is 0.653. The summed E-state index contributed by atoms with van der Waals surface area (Å²) in [5.41, 5.74) is 0.601. The summed E-state index contributed by atoms with van der Waals surface area (Å²) >= 11 is 0. The molecule has 1 aromatic heterocycles. The number of nitrogens with zero attached hydrogens (tertiary/aromatic N) is 2. The van der Waals surface area contributed by atoms with Gasteiger partial charge >= 0.3 is 6.09 Å². The zero-order valence-corrected chi connectivity index (χ0v) is 14.5. The normalized spacial score (nSPS) is 11.6. The van der Waals surface area contributed by atoms with Crippen LogP contribution in [0, 0.1) is 12.7 Å². The van der Waals surface area contributed by atoms with Crippen LogP contribution >= 0.6 is 0 Å². The van der Waals surface area contributed by atoms with Crippen LogP contribution < -0.4 is 4.74 Å². The van der Waals surface area contributed by atoms with Crippen LogP contribution in [0.2, 0.25) is 0 Å². The van der Waals surface area contributed by atoms with Gasteiger partial charge in [0.05, 0.1) is 11.2 Å². The molecule has 0 spiro atoms. The molecule has 130 valence electrons. The van der Waals surface area contributed by atoms with Crippen LogP contribution in [0.25, 0.3) is 10.9 Å². The topological polar surface area (TPSA) is 53.4 Å². The Labute approximate surface area is 145 Å². The number of carbonyl (C=O) groups is 1. The molecule has 0 atom stereocenters. The number of aryl methyl sites for hydroxylation is 1. The number of rotatable bonds is 2. The van der Waals surface area contributed by atoms with Crippen LogP contribution in [0.5, 0.6) is 11.5 Å². The fourth-order valence-corrected chi connectivity index (χ4v) is 2.41. The van der Waals surface area contributed by atoms with Gasteiger partial charge in [0.1, 0.15) is 11.4 Å². The lowest BCUT2D eigenvalue weighted by Gasteiger charge is -2.19. The standard InChI is InChI=1S/C19H19FN2O3/c1-12-14-10-9-13(24-17-8-6-5-7-15(17)20)11-16(14)22(21-12)18(23)25-19(2,3)4/h5-11H,1-4H3. The number of fused-ring (bicyclic) bond motifs is 1. The summed E-state index contributed by atoms with van der Waals surface area (Å²) in [7, 11) is 0. The van der Waals surface area contributed by atoms with Crippen molar-refractivity contribution in [1.82, 2.24) is 9.78 Å². The molecule has 1 heterocycles. The molecule has 5 nitrogen and oxygen atoms in total. The molecule has 3 rings (SSSR count). The molecular weight excluding hydrogens is 323 g/mol. The molecule has 25 heavy (non-hydrogen) atoms. The molecule has 2 aromatic carbocycles. The van der Waals surface area contributed by atoms with Gasteiger partial charge in [-0.1, -0.05) is 12.1 Å². The number of hydrogen-bond donors (Lipinski definition) is 0. The second-order valence-corrected chi connectivity index (χ2v) is 6.69. The highest BCUT2D eigenvalue weighted by Gasteiger charge is 2.21. The molecule has 0 bridgehead atoms. The number of hydrogen-bond acceptors (Lipinski definition) is 4. The average molecular weight is 342 g/mol. The molecule has 0 N–H and O–H groups in total. The van der Waals surface area contributed by atoms with Crippen LogP contribution in [0.3, 0.4) is 0 Å². The molecule has 6 heteroatoms. The first kappa shape index (κ1) is 17.0. The van der Waals surface area contributed by atoms with Gasteiger partial charge in [-0.25, -0.2) is 9.18 Å². The number of ether oxygens (including phenoxy) is 2. The molecule has 0 saturated carbocycles. The van der Waals surface area contributed by atoms with Crippen molar-refractivity contribution in [1.29, 1.82) is 0 Å². The van der Waals surface area contributed by atoms with Gasteiger partial charge in [0.25, 0.3) is 0 Å². The molecule has 0 aliphatic heterocycles. The minimum absolute atomic E-state index is 0.113. The summed E-state index contributed by atoms with van der Waals surface area (Å²) in [5.74, 6) is 0.0589. The molecule has 3 aromatic rings. The van der Waals surface area contributed by atoms with Crippen LogP contribution in [0.15, 0.2) is 42.5 Å². The zero-order chi connectivity index (χ0) is 18.2. The van der Waals surface area contributed by atoms with Gasteiger partial charge < -0.3 is 9.47 Å². The highest BCUT2D eigenvalue weighted by molar-refractivity contribution is 5.90. The highest BCUT2D eigenvalue weighted by atomic mass is 19.1. The minimum Gasteiger partial charge on any atom is -0.454 e. The van der Waals surface area contributed by atoms with Crippen LogP contribution in [0.1, 0.15) is 26.5 Å². The summed E-state index contributed by atoms with van der Waals surface area (Å²) in [6.07, 6.45) is -0.575. The molecule has 0 saturated heterocycles. The van der Waals surface area contributed by atoms with Crippen molar-refractivity contribution in [2.75, 3.05) is 0 Å². The van der Waals surface area contributed by atoms with Crippen molar-refractivity contribution in [3.05, 3.63) is 54.0 Å². The molecule has 0 aliphatic rings. The number of carbonyl (C=O) groups excluding carboxylic acids is 1. The van der Waals surface area contributed by atoms with Crippen LogP contribution in [-0.4, -0.2) is 21.5 Å². The summed E-state index contributed by atoms with van der Waals surface area (Å²) < 4.78 is 25.9. The number of para-hydroxylation sites is 1. The Morgan fingerprint density at radius 3 is 2.56 bits per heavy atom. The molecule has 0 amide bonds. The van der Waals surface area contributed by atoms with Gasteiger partial charge in [-0.15, -0.1) is 0 Å². The van der Waals surface area contributed by atoms with E-state index in [4.69, 9.17) is 9.47 Å². The summed E-state index contributed by atoms with van der Waals surface area (Å²) in [6, 6.07) is 11.3. The van der Waals surface area contributed by atoms with E-state index in [0.717, 1.165) is 5.39 Å². The Kier molecular flexibility index (Phi) is 4.20. The van der Waals surface area contributed by atoms with Crippen molar-refractivity contribution < 1.29 is 18.7 Å². The van der Waals surface area contributed by atoms with Crippen LogP contribution in [-0.2, 0) is 4.74 Å². The largest absolute Gasteiger partial charge is 0.454 e. The average Bonchev–Trinajstić information content (AvgIpc) is 2.85. The lowest BCUT2D eigenvalue weighted by molar-refractivity contribution is 0.0522. The third-order valence-corrected chi connectivity index (χ3v) is 3.47. The van der Waals surface area contributed by atoms with Gasteiger partial charge in [0.2, 0.25) is 0 Å². The Morgan fingerprint density at radius 2 is 1.88 bits per heavy atom. The first-order valence-corrected chi connectivity index (χ1v) is 7.90. The van der Waals surface area contributed by atoms with Gasteiger partial charge in [0.15, 0.2) is 11.6 Å². The third kappa shape index (κ3) is 3.63. The molecule has 0 unspecified atom stereocenters. The van der Waals surface area contributed by atoms with Crippen LogP contribution in [0.4, 0.5) is 9.18 Å². The zero-order valence-electron chi connectivity index (χ0n) is 14.5. The second kappa shape index (κ2) is 6.20. The lowest BCUT2D eigenvalue weighted by Crippen LogP contribution is -2.27. The van der Waals surface area contributed by atoms with E-state index in [-0.39, 0.29) is 5.75 Å². The van der Waals surface area contributed by atoms with Gasteiger partial charge in [0, 0.05) is 11.5 Å². The maximum absolute atomic E-state index is 13.8. The van der Waals surface area contributed by atoms with Gasteiger partial charge in [-0.2, -0.15) is 9.78 Å². The summed E-state index contributed by atoms with van der Waals surface area (Å²) in [6.45, 7) is 7.17. The van der Waals surface area contributed by atoms with E-state index in [2.05, 4.69) is 5.10 Å². The van der Waals surface area contributed by atoms with E-state index < -0.39 is 17.5 Å². The Bertz CT molecular complexity index is 941. The van der Waals surface area contributed by atoms with Gasteiger partial charge in [-0.3, -0.25) is 0 Å². The first-order valence-electron chi connectivity index (χ1n) is 7.90.